The molecule has 1 N–H and O–H groups in total. The van der Waals surface area contributed by atoms with Crippen LogP contribution in [-0.4, -0.2) is 83.0 Å². The van der Waals surface area contributed by atoms with Crippen LogP contribution in [-0.2, 0) is 35.0 Å². The fraction of sp³-hybridized carbons (Fsp3) is 0.656. The molecule has 2 fully saturated rings. The maximum atomic E-state index is 14.2. The molecule has 2 aliphatic heterocycles. The minimum atomic E-state index is -1.17. The highest BCUT2D eigenvalue weighted by Crippen LogP contribution is 2.56. The summed E-state index contributed by atoms with van der Waals surface area (Å²) < 4.78 is 28.1. The molecule has 4 rings (SSSR count). The van der Waals surface area contributed by atoms with Crippen LogP contribution in [0.5, 0.6) is 11.5 Å². The summed E-state index contributed by atoms with van der Waals surface area (Å²) in [4.78, 5) is 42.8. The monoisotopic (exact) mass is 586 g/mol. The van der Waals surface area contributed by atoms with Gasteiger partial charge in [0.2, 0.25) is 11.8 Å². The van der Waals surface area contributed by atoms with E-state index in [2.05, 4.69) is 19.2 Å². The summed E-state index contributed by atoms with van der Waals surface area (Å²) in [5, 5.41) is 2.90. The highest BCUT2D eigenvalue weighted by Gasteiger charge is 2.63. The molecule has 1 saturated carbocycles. The van der Waals surface area contributed by atoms with Crippen LogP contribution in [0.3, 0.4) is 0 Å². The predicted molar refractivity (Wildman–Crippen MR) is 156 cm³/mol. The Hall–Kier alpha value is -3.11. The third-order valence-electron chi connectivity index (χ3n) is 8.65. The molecule has 10 nitrogen and oxygen atoms in total. The molecule has 3 aliphatic rings. The highest BCUT2D eigenvalue weighted by atomic mass is 16.5. The number of methoxy groups -OCH3 is 4. The van der Waals surface area contributed by atoms with Crippen molar-refractivity contribution in [2.24, 2.45) is 23.2 Å². The minimum Gasteiger partial charge on any atom is -0.493 e. The second kappa shape index (κ2) is 13.9. The van der Waals surface area contributed by atoms with Crippen molar-refractivity contribution in [3.05, 3.63) is 35.5 Å². The van der Waals surface area contributed by atoms with Crippen molar-refractivity contribution in [3.63, 3.8) is 0 Å². The molecule has 2 heterocycles. The number of fused-ring (bicyclic) bond motifs is 1. The van der Waals surface area contributed by atoms with Gasteiger partial charge < -0.3 is 33.9 Å². The number of carbonyl (C=O) groups is 3. The number of rotatable bonds is 14. The molecule has 4 atom stereocenters. The van der Waals surface area contributed by atoms with E-state index in [1.165, 1.54) is 7.11 Å². The normalized spacial score (nSPS) is 25.5. The van der Waals surface area contributed by atoms with Crippen LogP contribution >= 0.6 is 0 Å². The summed E-state index contributed by atoms with van der Waals surface area (Å²) in [6.07, 6.45) is 4.51. The van der Waals surface area contributed by atoms with Crippen molar-refractivity contribution in [2.75, 3.05) is 48.1 Å². The zero-order chi connectivity index (χ0) is 30.4. The number of likely N-dealkylation sites (tertiary alicyclic amines) is 1. The van der Waals surface area contributed by atoms with Crippen LogP contribution in [0, 0.1) is 23.2 Å². The Morgan fingerprint density at radius 1 is 1.12 bits per heavy atom. The Morgan fingerprint density at radius 2 is 1.86 bits per heavy atom. The molecule has 42 heavy (non-hydrogen) atoms. The first kappa shape index (κ1) is 31.8. The summed E-state index contributed by atoms with van der Waals surface area (Å²) in [6.45, 7) is 5.46. The van der Waals surface area contributed by atoms with E-state index in [4.69, 9.17) is 23.7 Å². The van der Waals surface area contributed by atoms with Crippen LogP contribution < -0.4 is 14.8 Å². The fourth-order valence-electron chi connectivity index (χ4n) is 6.30. The molecule has 0 spiro atoms. The summed E-state index contributed by atoms with van der Waals surface area (Å²) >= 11 is 0. The number of nitrogens with zero attached hydrogens (tertiary/aromatic N) is 1. The molecule has 1 aromatic carbocycles. The topological polar surface area (TPSA) is 113 Å². The summed E-state index contributed by atoms with van der Waals surface area (Å²) in [7, 11) is 6.17. The van der Waals surface area contributed by atoms with Crippen LogP contribution in [0.15, 0.2) is 30.0 Å². The lowest BCUT2D eigenvalue weighted by Crippen LogP contribution is -2.62. The number of hydrogen-bond acceptors (Lipinski definition) is 8. The number of piperidine rings is 1. The second-order valence-corrected chi connectivity index (χ2v) is 11.8. The molecule has 2 amide bonds. The first-order chi connectivity index (χ1) is 20.2. The molecule has 232 valence electrons. The van der Waals surface area contributed by atoms with Crippen molar-refractivity contribution in [2.45, 2.75) is 64.6 Å². The van der Waals surface area contributed by atoms with Gasteiger partial charge in [-0.2, -0.15) is 0 Å². The van der Waals surface area contributed by atoms with Gasteiger partial charge in [-0.1, -0.05) is 19.9 Å². The van der Waals surface area contributed by atoms with Gasteiger partial charge in [-0.3, -0.25) is 14.4 Å². The first-order valence-electron chi connectivity index (χ1n) is 14.9. The van der Waals surface area contributed by atoms with Crippen LogP contribution in [0.2, 0.25) is 0 Å². The molecule has 0 radical (unpaired) electrons. The summed E-state index contributed by atoms with van der Waals surface area (Å²) in [5.41, 5.74) is 0.431. The second-order valence-electron chi connectivity index (χ2n) is 11.8. The summed E-state index contributed by atoms with van der Waals surface area (Å²) in [6, 6.07) is 5.68. The Labute approximate surface area is 249 Å². The van der Waals surface area contributed by atoms with Crippen molar-refractivity contribution in [3.8, 4) is 11.5 Å². The lowest BCUT2D eigenvalue weighted by atomic mass is 9.64. The van der Waals surface area contributed by atoms with Gasteiger partial charge in [0.1, 0.15) is 5.41 Å². The predicted octanol–water partition coefficient (Wildman–Crippen LogP) is 3.51. The van der Waals surface area contributed by atoms with Gasteiger partial charge in [0, 0.05) is 44.8 Å². The molecule has 0 bridgehead atoms. The van der Waals surface area contributed by atoms with Gasteiger partial charge in [0.25, 0.3) is 0 Å². The average molecular weight is 587 g/mol. The molecule has 1 aliphatic carbocycles. The minimum absolute atomic E-state index is 0.0182. The number of amides is 2. The zero-order valence-electron chi connectivity index (χ0n) is 25.8. The van der Waals surface area contributed by atoms with Crippen LogP contribution in [0.4, 0.5) is 0 Å². The quantitative estimate of drug-likeness (QED) is 0.260. The maximum Gasteiger partial charge on any atom is 0.320 e. The smallest absolute Gasteiger partial charge is 0.320 e. The van der Waals surface area contributed by atoms with Gasteiger partial charge in [-0.05, 0) is 67.7 Å². The van der Waals surface area contributed by atoms with Crippen LogP contribution in [0.25, 0.3) is 0 Å². The molecule has 1 aromatic rings. The molecular formula is C32H46N2O8. The van der Waals surface area contributed by atoms with Gasteiger partial charge in [-0.25, -0.2) is 0 Å². The lowest BCUT2D eigenvalue weighted by Gasteiger charge is -2.53. The highest BCUT2D eigenvalue weighted by molar-refractivity contribution is 5.92. The van der Waals surface area contributed by atoms with E-state index in [-0.39, 0.29) is 42.6 Å². The number of carbonyl (C=O) groups excluding carboxylic acids is 3. The van der Waals surface area contributed by atoms with Crippen molar-refractivity contribution >= 4 is 17.8 Å². The zero-order valence-corrected chi connectivity index (χ0v) is 25.8. The van der Waals surface area contributed by atoms with Crippen molar-refractivity contribution < 1.29 is 38.1 Å². The third-order valence-corrected chi connectivity index (χ3v) is 8.65. The SMILES string of the molecule is COCCCNC(=O)C[C@H]1C[C@@]2(C(=O)OC)C(=C[C@H](C(C)C)O[C@@H]2C2CC2)N(CCc2ccc(OC)c(OC)c2)C1=O. The van der Waals surface area contributed by atoms with Crippen molar-refractivity contribution in [1.29, 1.82) is 0 Å². The molecule has 1 saturated heterocycles. The van der Waals surface area contributed by atoms with E-state index >= 15 is 0 Å². The fourth-order valence-corrected chi connectivity index (χ4v) is 6.30. The van der Waals surface area contributed by atoms with E-state index in [0.717, 1.165) is 18.4 Å². The number of nitrogens with one attached hydrogen (secondary N) is 1. The van der Waals surface area contributed by atoms with Gasteiger partial charge in [-0.15, -0.1) is 0 Å². The third kappa shape index (κ3) is 6.59. The average Bonchev–Trinajstić information content (AvgIpc) is 3.83. The molecule has 10 heteroatoms. The number of esters is 1. The first-order valence-corrected chi connectivity index (χ1v) is 14.9. The molecule has 0 aromatic heterocycles. The number of benzene rings is 1. The van der Waals surface area contributed by atoms with E-state index < -0.39 is 23.4 Å². The Morgan fingerprint density at radius 3 is 2.48 bits per heavy atom. The summed E-state index contributed by atoms with van der Waals surface area (Å²) in [5.74, 6) is 0.0631. The number of ether oxygens (including phenoxy) is 5. The van der Waals surface area contributed by atoms with Crippen LogP contribution in [0.1, 0.15) is 51.5 Å². The van der Waals surface area contributed by atoms with E-state index in [1.807, 2.05) is 24.3 Å². The van der Waals surface area contributed by atoms with Crippen molar-refractivity contribution in [1.82, 2.24) is 10.2 Å². The lowest BCUT2D eigenvalue weighted by molar-refractivity contribution is -0.182. The number of hydrogen-bond donors (Lipinski definition) is 1. The molecular weight excluding hydrogens is 540 g/mol. The Kier molecular flexibility index (Phi) is 10.5. The molecule has 0 unspecified atom stereocenters. The van der Waals surface area contributed by atoms with Gasteiger partial charge in [0.15, 0.2) is 11.5 Å². The van der Waals surface area contributed by atoms with Gasteiger partial charge in [0.05, 0.1) is 33.5 Å². The van der Waals surface area contributed by atoms with E-state index in [0.29, 0.717) is 49.7 Å². The largest absolute Gasteiger partial charge is 0.493 e. The standard InChI is InChI=1S/C32H46N2O8/c1-20(2)25-18-27-32(31(37)41-6,29(42-25)22-9-10-22)19-23(17-28(35)33-13-7-15-38-3)30(36)34(27)14-12-21-8-11-24(39-4)26(16-21)40-5/h8,11,16,18,20,22-23,25,29H,7,9-10,12-15,17,19H2,1-6H3,(H,33,35)/t23-,25+,29+,32+/m0/s1. The van der Waals surface area contributed by atoms with E-state index in [9.17, 15) is 14.4 Å². The Bertz CT molecular complexity index is 1160. The Balaban J connectivity index is 1.71. The maximum absolute atomic E-state index is 14.2. The van der Waals surface area contributed by atoms with Gasteiger partial charge >= 0.3 is 5.97 Å². The van der Waals surface area contributed by atoms with E-state index in [1.54, 1.807) is 26.2 Å².